The van der Waals surface area contributed by atoms with Crippen LogP contribution in [0.15, 0.2) is 30.3 Å². The number of allylic oxidation sites excluding steroid dienone is 2. The lowest BCUT2D eigenvalue weighted by Gasteiger charge is -2.10. The Hall–Kier alpha value is -1.08. The van der Waals surface area contributed by atoms with E-state index in [0.717, 1.165) is 19.4 Å². The highest BCUT2D eigenvalue weighted by Gasteiger charge is 2.02. The van der Waals surface area contributed by atoms with Crippen molar-refractivity contribution in [2.75, 3.05) is 6.54 Å². The van der Waals surface area contributed by atoms with E-state index in [1.807, 2.05) is 0 Å². The molecule has 1 nitrogen and oxygen atoms in total. The third-order valence-corrected chi connectivity index (χ3v) is 3.41. The molecule has 0 saturated heterocycles. The zero-order valence-electron chi connectivity index (χ0n) is 11.4. The summed E-state index contributed by atoms with van der Waals surface area (Å²) in [5.41, 5.74) is 9.61. The third kappa shape index (κ3) is 4.35. The minimum atomic E-state index is 0.658. The monoisotopic (exact) mass is 231 g/mol. The molecule has 0 spiro atoms. The van der Waals surface area contributed by atoms with E-state index in [1.54, 1.807) is 0 Å². The van der Waals surface area contributed by atoms with Gasteiger partial charge in [0.25, 0.3) is 0 Å². The summed E-state index contributed by atoms with van der Waals surface area (Å²) in [4.78, 5) is 0. The Morgan fingerprint density at radius 2 is 1.94 bits per heavy atom. The maximum atomic E-state index is 5.49. The lowest BCUT2D eigenvalue weighted by molar-refractivity contribution is 0.733. The van der Waals surface area contributed by atoms with E-state index in [9.17, 15) is 0 Å². The molecule has 1 heteroatoms. The van der Waals surface area contributed by atoms with Crippen molar-refractivity contribution in [3.63, 3.8) is 0 Å². The largest absolute Gasteiger partial charge is 0.330 e. The van der Waals surface area contributed by atoms with Gasteiger partial charge in [-0.2, -0.15) is 0 Å². The van der Waals surface area contributed by atoms with E-state index in [0.29, 0.717) is 5.92 Å². The Kier molecular flexibility index (Phi) is 5.99. The Labute approximate surface area is 106 Å². The molecular weight excluding hydrogens is 206 g/mol. The Bertz CT molecular complexity index is 348. The zero-order chi connectivity index (χ0) is 12.7. The van der Waals surface area contributed by atoms with Gasteiger partial charge < -0.3 is 5.73 Å². The van der Waals surface area contributed by atoms with Crippen LogP contribution in [0.5, 0.6) is 0 Å². The van der Waals surface area contributed by atoms with Crippen LogP contribution in [0.1, 0.15) is 57.1 Å². The van der Waals surface area contributed by atoms with E-state index < -0.39 is 0 Å². The fourth-order valence-corrected chi connectivity index (χ4v) is 1.86. The second-order valence-corrected chi connectivity index (χ2v) is 4.75. The topological polar surface area (TPSA) is 26.0 Å². The highest BCUT2D eigenvalue weighted by molar-refractivity contribution is 5.63. The van der Waals surface area contributed by atoms with E-state index >= 15 is 0 Å². The lowest BCUT2D eigenvalue weighted by atomic mass is 9.96. The summed E-state index contributed by atoms with van der Waals surface area (Å²) in [7, 11) is 0. The number of unbranched alkanes of at least 4 members (excludes halogenated alkanes) is 1. The van der Waals surface area contributed by atoms with Crippen LogP contribution in [0.2, 0.25) is 0 Å². The molecular formula is C16H25N. The molecule has 1 atom stereocenters. The fourth-order valence-electron chi connectivity index (χ4n) is 1.86. The summed E-state index contributed by atoms with van der Waals surface area (Å²) in [6.07, 6.45) is 5.63. The molecule has 1 aromatic rings. The summed E-state index contributed by atoms with van der Waals surface area (Å²) in [5.74, 6) is 0.658. The molecule has 94 valence electrons. The molecule has 2 N–H and O–H groups in total. The van der Waals surface area contributed by atoms with Gasteiger partial charge in [-0.15, -0.1) is 0 Å². The highest BCUT2D eigenvalue weighted by atomic mass is 14.5. The second-order valence-electron chi connectivity index (χ2n) is 4.75. The summed E-state index contributed by atoms with van der Waals surface area (Å²) >= 11 is 0. The first-order valence-electron chi connectivity index (χ1n) is 6.66. The van der Waals surface area contributed by atoms with Gasteiger partial charge in [0.15, 0.2) is 0 Å². The zero-order valence-corrected chi connectivity index (χ0v) is 11.4. The van der Waals surface area contributed by atoms with Gasteiger partial charge in [0.05, 0.1) is 0 Å². The molecule has 0 amide bonds. The average Bonchev–Trinajstić information content (AvgIpc) is 2.38. The van der Waals surface area contributed by atoms with Crippen molar-refractivity contribution in [3.8, 4) is 0 Å². The predicted octanol–water partition coefficient (Wildman–Crippen LogP) is 4.34. The first kappa shape index (κ1) is 14.0. The molecule has 17 heavy (non-hydrogen) atoms. The molecule has 0 aliphatic carbocycles. The molecule has 0 saturated carbocycles. The molecule has 1 aromatic carbocycles. The number of rotatable bonds is 6. The highest BCUT2D eigenvalue weighted by Crippen LogP contribution is 2.21. The molecule has 0 aliphatic rings. The maximum absolute atomic E-state index is 5.49. The predicted molar refractivity (Wildman–Crippen MR) is 77.1 cm³/mol. The van der Waals surface area contributed by atoms with Crippen LogP contribution < -0.4 is 5.73 Å². The van der Waals surface area contributed by atoms with Crippen LogP contribution >= 0.6 is 0 Å². The first-order valence-corrected chi connectivity index (χ1v) is 6.66. The Morgan fingerprint density at radius 1 is 1.29 bits per heavy atom. The number of hydrogen-bond donors (Lipinski definition) is 1. The van der Waals surface area contributed by atoms with Crippen LogP contribution in [0, 0.1) is 0 Å². The van der Waals surface area contributed by atoms with Crippen LogP contribution in [0.4, 0.5) is 0 Å². The van der Waals surface area contributed by atoms with Gasteiger partial charge in [-0.3, -0.25) is 0 Å². The van der Waals surface area contributed by atoms with E-state index in [4.69, 9.17) is 5.73 Å². The van der Waals surface area contributed by atoms with Crippen molar-refractivity contribution in [1.82, 2.24) is 0 Å². The van der Waals surface area contributed by atoms with Crippen molar-refractivity contribution in [1.29, 1.82) is 0 Å². The average molecular weight is 231 g/mol. The molecule has 0 aromatic heterocycles. The summed E-state index contributed by atoms with van der Waals surface area (Å²) in [5, 5.41) is 0. The molecule has 1 rings (SSSR count). The van der Waals surface area contributed by atoms with Crippen molar-refractivity contribution in [2.24, 2.45) is 5.73 Å². The van der Waals surface area contributed by atoms with E-state index in [-0.39, 0.29) is 0 Å². The van der Waals surface area contributed by atoms with Crippen LogP contribution in [-0.4, -0.2) is 6.54 Å². The number of benzene rings is 1. The van der Waals surface area contributed by atoms with Gasteiger partial charge >= 0.3 is 0 Å². The van der Waals surface area contributed by atoms with E-state index in [1.165, 1.54) is 23.1 Å². The maximum Gasteiger partial charge on any atom is -0.00743 e. The summed E-state index contributed by atoms with van der Waals surface area (Å²) in [6, 6.07) is 8.97. The molecule has 0 aliphatic heterocycles. The van der Waals surface area contributed by atoms with Crippen LogP contribution in [-0.2, 0) is 0 Å². The van der Waals surface area contributed by atoms with Gasteiger partial charge in [-0.05, 0) is 55.3 Å². The third-order valence-electron chi connectivity index (χ3n) is 3.41. The standard InChI is InChI=1S/C16H25N/c1-4-13(2)15-8-10-16(11-9-15)14(3)7-5-6-12-17/h7-11,13H,4-6,12,17H2,1-3H3/b14-7+. The molecule has 0 fully saturated rings. The fraction of sp³-hybridized carbons (Fsp3) is 0.500. The van der Waals surface area contributed by atoms with Crippen LogP contribution in [0.3, 0.4) is 0 Å². The minimum Gasteiger partial charge on any atom is -0.330 e. The van der Waals surface area contributed by atoms with Gasteiger partial charge in [0, 0.05) is 0 Å². The van der Waals surface area contributed by atoms with Crippen LogP contribution in [0.25, 0.3) is 5.57 Å². The van der Waals surface area contributed by atoms with Crippen molar-refractivity contribution in [3.05, 3.63) is 41.5 Å². The number of nitrogens with two attached hydrogens (primary N) is 1. The molecule has 0 bridgehead atoms. The Morgan fingerprint density at radius 3 is 2.47 bits per heavy atom. The summed E-state index contributed by atoms with van der Waals surface area (Å²) < 4.78 is 0. The van der Waals surface area contributed by atoms with Gasteiger partial charge in [-0.25, -0.2) is 0 Å². The normalized spacial score (nSPS) is 13.8. The Balaban J connectivity index is 2.70. The van der Waals surface area contributed by atoms with Gasteiger partial charge in [0.2, 0.25) is 0 Å². The van der Waals surface area contributed by atoms with Crippen molar-refractivity contribution >= 4 is 5.57 Å². The second kappa shape index (κ2) is 7.29. The molecule has 0 heterocycles. The van der Waals surface area contributed by atoms with E-state index in [2.05, 4.69) is 51.1 Å². The van der Waals surface area contributed by atoms with Crippen molar-refractivity contribution in [2.45, 2.75) is 46.0 Å². The summed E-state index contributed by atoms with van der Waals surface area (Å²) in [6.45, 7) is 7.46. The smallest absolute Gasteiger partial charge is 0.00743 e. The van der Waals surface area contributed by atoms with Crippen molar-refractivity contribution < 1.29 is 0 Å². The minimum absolute atomic E-state index is 0.658. The first-order chi connectivity index (χ1) is 8.19. The molecule has 1 unspecified atom stereocenters. The quantitative estimate of drug-likeness (QED) is 0.724. The molecule has 0 radical (unpaired) electrons. The van der Waals surface area contributed by atoms with Gasteiger partial charge in [-0.1, -0.05) is 44.2 Å². The lowest BCUT2D eigenvalue weighted by Crippen LogP contribution is -1.96. The number of hydrogen-bond acceptors (Lipinski definition) is 1. The SMILES string of the molecule is CCC(C)c1ccc(/C(C)=C/CCCN)cc1. The van der Waals surface area contributed by atoms with Gasteiger partial charge in [0.1, 0.15) is 0 Å².